The summed E-state index contributed by atoms with van der Waals surface area (Å²) in [5, 5.41) is 0. The lowest BCUT2D eigenvalue weighted by atomic mass is 9.95. The summed E-state index contributed by atoms with van der Waals surface area (Å²) in [5.74, 6) is 0.660. The molecular weight excluding hydrogens is 322 g/mol. The van der Waals surface area contributed by atoms with Gasteiger partial charge in [-0.15, -0.1) is 0 Å². The molecule has 0 amide bonds. The minimum Gasteiger partial charge on any atom is -0.482 e. The van der Waals surface area contributed by atoms with Crippen molar-refractivity contribution >= 4 is 10.8 Å². The maximum atomic E-state index is 12.0. The zero-order valence-electron chi connectivity index (χ0n) is 14.3. The van der Waals surface area contributed by atoms with Crippen LogP contribution in [0.2, 0.25) is 0 Å². The number of hydrogen-bond acceptors (Lipinski definition) is 4. The zero-order chi connectivity index (χ0) is 17.1. The van der Waals surface area contributed by atoms with Crippen LogP contribution in [0.25, 0.3) is 0 Å². The third-order valence-electron chi connectivity index (χ3n) is 4.11. The van der Waals surface area contributed by atoms with Crippen molar-refractivity contribution in [2.75, 3.05) is 26.9 Å². The molecule has 128 valence electrons. The van der Waals surface area contributed by atoms with Crippen LogP contribution in [-0.4, -0.2) is 42.1 Å². The number of fused-ring (bicyclic) bond motifs is 1. The molecule has 1 aliphatic heterocycles. The third kappa shape index (κ3) is 3.69. The first-order valence-electron chi connectivity index (χ1n) is 7.99. The molecule has 3 atom stereocenters. The summed E-state index contributed by atoms with van der Waals surface area (Å²) < 4.78 is 24.4. The predicted octanol–water partition coefficient (Wildman–Crippen LogP) is 3.00. The summed E-state index contributed by atoms with van der Waals surface area (Å²) in [6.45, 7) is 1.35. The molecule has 4 nitrogen and oxygen atoms in total. The Balaban J connectivity index is 1.97. The Hall–Kier alpha value is -1.69. The van der Waals surface area contributed by atoms with E-state index >= 15 is 0 Å². The van der Waals surface area contributed by atoms with E-state index in [0.29, 0.717) is 17.3 Å². The quantitative estimate of drug-likeness (QED) is 0.835. The maximum absolute atomic E-state index is 12.0. The van der Waals surface area contributed by atoms with Gasteiger partial charge >= 0.3 is 0 Å². The van der Waals surface area contributed by atoms with Crippen molar-refractivity contribution in [3.05, 3.63) is 59.7 Å². The molecule has 0 saturated carbocycles. The smallest absolute Gasteiger partial charge is 0.151 e. The van der Waals surface area contributed by atoms with Gasteiger partial charge in [-0.05, 0) is 31.8 Å². The van der Waals surface area contributed by atoms with E-state index in [-0.39, 0.29) is 12.2 Å². The normalized spacial score (nSPS) is 21.3. The number of ether oxygens (including phenoxy) is 2. The van der Waals surface area contributed by atoms with E-state index in [0.717, 1.165) is 17.7 Å². The van der Waals surface area contributed by atoms with E-state index in [2.05, 4.69) is 17.0 Å². The van der Waals surface area contributed by atoms with Crippen LogP contribution in [0, 0.1) is 0 Å². The molecule has 0 bridgehead atoms. The first-order chi connectivity index (χ1) is 11.6. The van der Waals surface area contributed by atoms with Crippen LogP contribution in [0.4, 0.5) is 0 Å². The summed E-state index contributed by atoms with van der Waals surface area (Å²) in [7, 11) is 2.95. The average molecular weight is 345 g/mol. The lowest BCUT2D eigenvalue weighted by Gasteiger charge is -2.35. The summed E-state index contributed by atoms with van der Waals surface area (Å²) in [4.78, 5) is 2.81. The molecule has 0 fully saturated rings. The van der Waals surface area contributed by atoms with E-state index in [4.69, 9.17) is 9.47 Å². The minimum absolute atomic E-state index is 0.0757. The molecule has 0 spiro atoms. The van der Waals surface area contributed by atoms with Gasteiger partial charge in [-0.1, -0.05) is 36.4 Å². The van der Waals surface area contributed by atoms with Crippen LogP contribution < -0.4 is 4.74 Å². The highest BCUT2D eigenvalue weighted by Gasteiger charge is 2.33. The van der Waals surface area contributed by atoms with Crippen molar-refractivity contribution in [2.45, 2.75) is 23.7 Å². The van der Waals surface area contributed by atoms with E-state index in [1.807, 2.05) is 50.5 Å². The topological polar surface area (TPSA) is 38.8 Å². The van der Waals surface area contributed by atoms with E-state index in [1.165, 1.54) is 0 Å². The van der Waals surface area contributed by atoms with E-state index in [9.17, 15) is 4.21 Å². The Kier molecular flexibility index (Phi) is 5.33. The Morgan fingerprint density at radius 2 is 1.88 bits per heavy atom. The second kappa shape index (κ2) is 7.47. The molecule has 3 unspecified atom stereocenters. The second-order valence-electron chi connectivity index (χ2n) is 6.25. The van der Waals surface area contributed by atoms with Gasteiger partial charge in [-0.3, -0.25) is 4.21 Å². The van der Waals surface area contributed by atoms with Gasteiger partial charge in [0.05, 0.1) is 22.3 Å². The molecule has 2 aromatic rings. The van der Waals surface area contributed by atoms with Crippen LogP contribution in [0.15, 0.2) is 53.4 Å². The minimum atomic E-state index is -1.10. The largest absolute Gasteiger partial charge is 0.482 e. The van der Waals surface area contributed by atoms with Crippen LogP contribution in [0.1, 0.15) is 17.2 Å². The molecule has 1 aliphatic rings. The summed E-state index contributed by atoms with van der Waals surface area (Å²) in [6.07, 6.45) is 1.38. The van der Waals surface area contributed by atoms with Gasteiger partial charge in [0.2, 0.25) is 0 Å². The molecule has 0 aromatic heterocycles. The van der Waals surface area contributed by atoms with E-state index in [1.54, 1.807) is 6.26 Å². The highest BCUT2D eigenvalue weighted by atomic mass is 32.2. The summed E-state index contributed by atoms with van der Waals surface area (Å²) >= 11 is 0. The Labute approximate surface area is 145 Å². The lowest BCUT2D eigenvalue weighted by Crippen LogP contribution is -2.39. The first-order valence-corrected chi connectivity index (χ1v) is 9.55. The van der Waals surface area contributed by atoms with Gasteiger partial charge in [-0.2, -0.15) is 0 Å². The highest BCUT2D eigenvalue weighted by molar-refractivity contribution is 7.84. The van der Waals surface area contributed by atoms with Gasteiger partial charge in [0.1, 0.15) is 11.9 Å². The van der Waals surface area contributed by atoms with Crippen molar-refractivity contribution in [3.63, 3.8) is 0 Å². The van der Waals surface area contributed by atoms with Gasteiger partial charge in [-0.25, -0.2) is 0 Å². The van der Waals surface area contributed by atoms with Crippen LogP contribution in [0.3, 0.4) is 0 Å². The number of nitrogens with zero attached hydrogens (tertiary/aromatic N) is 1. The summed E-state index contributed by atoms with van der Waals surface area (Å²) in [6, 6.07) is 15.7. The van der Waals surface area contributed by atoms with Crippen molar-refractivity contribution in [1.29, 1.82) is 0 Å². The maximum Gasteiger partial charge on any atom is 0.151 e. The third-order valence-corrected chi connectivity index (χ3v) is 5.07. The fourth-order valence-electron chi connectivity index (χ4n) is 3.00. The molecule has 0 aliphatic carbocycles. The Bertz CT molecular complexity index is 732. The Morgan fingerprint density at radius 1 is 1.17 bits per heavy atom. The standard InChI is InChI=1S/C19H23NO3S/c1-20(2)12-17-19(15-9-5-4-8-14(15)13-22-17)23-16-10-6-7-11-18(16)24(3)21/h4-11,17,19H,12-13H2,1-3H3. The highest BCUT2D eigenvalue weighted by Crippen LogP contribution is 2.35. The number of para-hydroxylation sites is 1. The van der Waals surface area contributed by atoms with Crippen molar-refractivity contribution in [3.8, 4) is 5.75 Å². The number of hydrogen-bond donors (Lipinski definition) is 0. The van der Waals surface area contributed by atoms with Gasteiger partial charge < -0.3 is 14.4 Å². The molecular formula is C19H23NO3S. The van der Waals surface area contributed by atoms with Gasteiger partial charge in [0, 0.05) is 18.4 Å². The molecule has 1 heterocycles. The monoisotopic (exact) mass is 345 g/mol. The lowest BCUT2D eigenvalue weighted by molar-refractivity contribution is -0.0624. The van der Waals surface area contributed by atoms with Crippen molar-refractivity contribution in [1.82, 2.24) is 4.90 Å². The SMILES string of the molecule is CN(C)CC1OCc2ccccc2C1Oc1ccccc1S(C)=O. The van der Waals surface area contributed by atoms with Crippen molar-refractivity contribution in [2.24, 2.45) is 0 Å². The molecule has 0 radical (unpaired) electrons. The van der Waals surface area contributed by atoms with Gasteiger partial charge in [0.15, 0.2) is 6.10 Å². The fourth-order valence-corrected chi connectivity index (χ4v) is 3.67. The average Bonchev–Trinajstić information content (AvgIpc) is 2.57. The molecule has 3 rings (SSSR count). The number of benzene rings is 2. The number of likely N-dealkylation sites (N-methyl/N-ethyl adjacent to an activating group) is 1. The molecule has 0 N–H and O–H groups in total. The fraction of sp³-hybridized carbons (Fsp3) is 0.368. The van der Waals surface area contributed by atoms with Crippen molar-refractivity contribution < 1.29 is 13.7 Å². The molecule has 0 saturated heterocycles. The molecule has 24 heavy (non-hydrogen) atoms. The Morgan fingerprint density at radius 3 is 2.62 bits per heavy atom. The first kappa shape index (κ1) is 17.1. The molecule has 2 aromatic carbocycles. The number of rotatable bonds is 5. The van der Waals surface area contributed by atoms with Crippen LogP contribution in [0.5, 0.6) is 5.75 Å². The molecule has 5 heteroatoms. The predicted molar refractivity (Wildman–Crippen MR) is 95.7 cm³/mol. The summed E-state index contributed by atoms with van der Waals surface area (Å²) in [5.41, 5.74) is 2.29. The van der Waals surface area contributed by atoms with Gasteiger partial charge in [0.25, 0.3) is 0 Å². The van der Waals surface area contributed by atoms with E-state index < -0.39 is 10.8 Å². The zero-order valence-corrected chi connectivity index (χ0v) is 15.1. The van der Waals surface area contributed by atoms with Crippen LogP contribution >= 0.6 is 0 Å². The van der Waals surface area contributed by atoms with Crippen LogP contribution in [-0.2, 0) is 22.1 Å². The second-order valence-corrected chi connectivity index (χ2v) is 7.60.